The molecule has 1 aromatic carbocycles. The van der Waals surface area contributed by atoms with Gasteiger partial charge in [-0.05, 0) is 40.0 Å². The molecule has 1 aliphatic heterocycles. The highest BCUT2D eigenvalue weighted by molar-refractivity contribution is 9.10. The van der Waals surface area contributed by atoms with E-state index in [1.807, 2.05) is 0 Å². The number of halogens is 2. The lowest BCUT2D eigenvalue weighted by Crippen LogP contribution is -2.31. The first-order chi connectivity index (χ1) is 11.6. The van der Waals surface area contributed by atoms with Gasteiger partial charge in [0.2, 0.25) is 5.91 Å². The van der Waals surface area contributed by atoms with E-state index in [-0.39, 0.29) is 17.8 Å². The quantitative estimate of drug-likeness (QED) is 0.780. The Hall–Kier alpha value is -1.95. The van der Waals surface area contributed by atoms with Gasteiger partial charge in [0, 0.05) is 31.8 Å². The molecule has 0 spiro atoms. The Morgan fingerprint density at radius 1 is 1.38 bits per heavy atom. The number of pyridine rings is 1. The third-order valence-electron chi connectivity index (χ3n) is 4.09. The van der Waals surface area contributed by atoms with E-state index in [4.69, 9.17) is 4.74 Å². The number of carbonyl (C=O) groups excluding carboxylic acids is 1. The van der Waals surface area contributed by atoms with Gasteiger partial charge in [0.15, 0.2) is 0 Å². The molecule has 1 aliphatic rings. The fourth-order valence-electron chi connectivity index (χ4n) is 2.79. The van der Waals surface area contributed by atoms with Gasteiger partial charge in [0.1, 0.15) is 17.7 Å². The number of aromatic nitrogens is 1. The summed E-state index contributed by atoms with van der Waals surface area (Å²) in [6, 6.07) is 8.38. The number of benzene rings is 1. The number of likely N-dealkylation sites (tertiary alicyclic amines) is 1. The number of hydrogen-bond donors (Lipinski definition) is 0. The van der Waals surface area contributed by atoms with E-state index in [9.17, 15) is 9.18 Å². The molecular weight excluding hydrogens is 375 g/mol. The molecule has 0 bridgehead atoms. The van der Waals surface area contributed by atoms with Crippen molar-refractivity contribution in [2.24, 2.45) is 0 Å². The third-order valence-corrected chi connectivity index (χ3v) is 4.69. The number of ether oxygens (including phenoxy) is 1. The number of carbonyl (C=O) groups is 1. The van der Waals surface area contributed by atoms with Gasteiger partial charge in [0.25, 0.3) is 0 Å². The zero-order chi connectivity index (χ0) is 16.9. The summed E-state index contributed by atoms with van der Waals surface area (Å²) in [5, 5.41) is 0. The van der Waals surface area contributed by atoms with E-state index in [2.05, 4.69) is 20.9 Å². The van der Waals surface area contributed by atoms with Gasteiger partial charge in [-0.1, -0.05) is 18.2 Å². The highest BCUT2D eigenvalue weighted by Gasteiger charge is 2.27. The molecule has 1 saturated heterocycles. The molecule has 1 aromatic heterocycles. The Kier molecular flexibility index (Phi) is 5.45. The molecule has 2 heterocycles. The summed E-state index contributed by atoms with van der Waals surface area (Å²) in [5.41, 5.74) is 0.582. The summed E-state index contributed by atoms with van der Waals surface area (Å²) in [7, 11) is 0. The summed E-state index contributed by atoms with van der Waals surface area (Å²) in [6.45, 7) is 1.23. The molecule has 1 unspecified atom stereocenters. The highest BCUT2D eigenvalue weighted by atomic mass is 79.9. The van der Waals surface area contributed by atoms with Gasteiger partial charge in [-0.25, -0.2) is 4.39 Å². The van der Waals surface area contributed by atoms with E-state index >= 15 is 0 Å². The lowest BCUT2D eigenvalue weighted by Gasteiger charge is -2.18. The molecule has 4 nitrogen and oxygen atoms in total. The topological polar surface area (TPSA) is 42.4 Å². The van der Waals surface area contributed by atoms with Crippen LogP contribution in [0.4, 0.5) is 4.39 Å². The van der Waals surface area contributed by atoms with E-state index in [0.717, 1.165) is 16.6 Å². The van der Waals surface area contributed by atoms with Crippen molar-refractivity contribution in [3.8, 4) is 5.75 Å². The molecule has 0 radical (unpaired) electrons. The largest absolute Gasteiger partial charge is 0.487 e. The first-order valence-electron chi connectivity index (χ1n) is 7.91. The lowest BCUT2D eigenvalue weighted by molar-refractivity contribution is -0.130. The maximum atomic E-state index is 13.6. The maximum absolute atomic E-state index is 13.6. The molecule has 1 atom stereocenters. The molecule has 1 amide bonds. The molecule has 126 valence electrons. The molecule has 0 saturated carbocycles. The molecule has 1 fully saturated rings. The Bertz CT molecular complexity index is 726. The first kappa shape index (κ1) is 16.9. The number of nitrogens with zero attached hydrogens (tertiary/aromatic N) is 2. The minimum absolute atomic E-state index is 0.0267. The number of aryl methyl sites for hydroxylation is 1. The molecule has 2 aromatic rings. The van der Waals surface area contributed by atoms with Crippen molar-refractivity contribution in [2.75, 3.05) is 13.1 Å². The molecule has 0 aliphatic carbocycles. The first-order valence-corrected chi connectivity index (χ1v) is 8.70. The summed E-state index contributed by atoms with van der Waals surface area (Å²) in [6.07, 6.45) is 4.85. The van der Waals surface area contributed by atoms with Crippen LogP contribution >= 0.6 is 15.9 Å². The minimum Gasteiger partial charge on any atom is -0.487 e. The van der Waals surface area contributed by atoms with Crippen LogP contribution in [0.2, 0.25) is 0 Å². The summed E-state index contributed by atoms with van der Waals surface area (Å²) in [4.78, 5) is 18.1. The second-order valence-corrected chi connectivity index (χ2v) is 6.62. The summed E-state index contributed by atoms with van der Waals surface area (Å²) in [5.74, 6) is 0.518. The van der Waals surface area contributed by atoms with Crippen molar-refractivity contribution in [1.29, 1.82) is 0 Å². The minimum atomic E-state index is -0.254. The smallest absolute Gasteiger partial charge is 0.223 e. The van der Waals surface area contributed by atoms with Crippen molar-refractivity contribution in [3.05, 3.63) is 58.6 Å². The van der Waals surface area contributed by atoms with Crippen LogP contribution in [-0.4, -0.2) is 35.0 Å². The van der Waals surface area contributed by atoms with Crippen LogP contribution in [0, 0.1) is 5.82 Å². The van der Waals surface area contributed by atoms with Gasteiger partial charge in [0.05, 0.1) is 11.0 Å². The molecule has 3 rings (SSSR count). The molecular formula is C18H18BrFN2O2. The Morgan fingerprint density at radius 3 is 3.00 bits per heavy atom. The fraction of sp³-hybridized carbons (Fsp3) is 0.333. The molecule has 24 heavy (non-hydrogen) atoms. The van der Waals surface area contributed by atoms with Crippen LogP contribution in [0.3, 0.4) is 0 Å². The monoisotopic (exact) mass is 392 g/mol. The van der Waals surface area contributed by atoms with E-state index in [0.29, 0.717) is 31.5 Å². The second-order valence-electron chi connectivity index (χ2n) is 5.77. The number of amides is 1. The normalized spacial score (nSPS) is 17.1. The predicted molar refractivity (Wildman–Crippen MR) is 92.3 cm³/mol. The Balaban J connectivity index is 1.51. The predicted octanol–water partition coefficient (Wildman–Crippen LogP) is 3.60. The second kappa shape index (κ2) is 7.75. The van der Waals surface area contributed by atoms with Crippen molar-refractivity contribution in [1.82, 2.24) is 9.88 Å². The van der Waals surface area contributed by atoms with Gasteiger partial charge in [-0.3, -0.25) is 9.78 Å². The SMILES string of the molecule is O=C(CCc1ccccc1F)N1CCC(Oc2ccncc2Br)C1. The molecule has 0 N–H and O–H groups in total. The van der Waals surface area contributed by atoms with Crippen LogP contribution in [0.5, 0.6) is 5.75 Å². The summed E-state index contributed by atoms with van der Waals surface area (Å²) >= 11 is 3.40. The van der Waals surface area contributed by atoms with Crippen LogP contribution < -0.4 is 4.74 Å². The fourth-order valence-corrected chi connectivity index (χ4v) is 3.13. The number of hydrogen-bond acceptors (Lipinski definition) is 3. The van der Waals surface area contributed by atoms with Gasteiger partial charge in [-0.2, -0.15) is 0 Å². The van der Waals surface area contributed by atoms with E-state index in [1.54, 1.807) is 41.6 Å². The van der Waals surface area contributed by atoms with Crippen molar-refractivity contribution in [3.63, 3.8) is 0 Å². The van der Waals surface area contributed by atoms with E-state index in [1.165, 1.54) is 6.07 Å². The molecule has 6 heteroatoms. The average Bonchev–Trinajstić information content (AvgIpc) is 3.05. The van der Waals surface area contributed by atoms with Crippen LogP contribution in [0.25, 0.3) is 0 Å². The van der Waals surface area contributed by atoms with Crippen LogP contribution in [-0.2, 0) is 11.2 Å². The van der Waals surface area contributed by atoms with Crippen LogP contribution in [0.1, 0.15) is 18.4 Å². The lowest BCUT2D eigenvalue weighted by atomic mass is 10.1. The van der Waals surface area contributed by atoms with Crippen molar-refractivity contribution >= 4 is 21.8 Å². The van der Waals surface area contributed by atoms with Crippen LogP contribution in [0.15, 0.2) is 47.2 Å². The average molecular weight is 393 g/mol. The maximum Gasteiger partial charge on any atom is 0.223 e. The Labute approximate surface area is 148 Å². The van der Waals surface area contributed by atoms with Gasteiger partial charge < -0.3 is 9.64 Å². The highest BCUT2D eigenvalue weighted by Crippen LogP contribution is 2.26. The van der Waals surface area contributed by atoms with Gasteiger partial charge >= 0.3 is 0 Å². The zero-order valence-electron chi connectivity index (χ0n) is 13.1. The number of rotatable bonds is 5. The third kappa shape index (κ3) is 4.12. The van der Waals surface area contributed by atoms with Crippen molar-refractivity contribution in [2.45, 2.75) is 25.4 Å². The zero-order valence-corrected chi connectivity index (χ0v) is 14.7. The summed E-state index contributed by atoms with van der Waals surface area (Å²) < 4.78 is 20.3. The Morgan fingerprint density at radius 2 is 2.21 bits per heavy atom. The standard InChI is InChI=1S/C18H18BrFN2O2/c19-15-11-21-9-7-17(15)24-14-8-10-22(12-14)18(23)6-5-13-3-1-2-4-16(13)20/h1-4,7,9,11,14H,5-6,8,10,12H2. The van der Waals surface area contributed by atoms with Crippen molar-refractivity contribution < 1.29 is 13.9 Å². The van der Waals surface area contributed by atoms with E-state index < -0.39 is 0 Å². The van der Waals surface area contributed by atoms with Gasteiger partial charge in [-0.15, -0.1) is 0 Å².